The average Bonchev–Trinajstić information content (AvgIpc) is 2.10. The van der Waals surface area contributed by atoms with Crippen LogP contribution in [0.5, 0.6) is 0 Å². The summed E-state index contributed by atoms with van der Waals surface area (Å²) in [7, 11) is 0. The molecule has 1 heterocycles. The first-order chi connectivity index (χ1) is 6.63. The Balaban J connectivity index is 2.91. The smallest absolute Gasteiger partial charge is 0.129 e. The van der Waals surface area contributed by atoms with Crippen molar-refractivity contribution in [2.45, 2.75) is 33.6 Å². The molecule has 0 aliphatic carbocycles. The molecule has 0 N–H and O–H groups in total. The Kier molecular flexibility index (Phi) is 4.08. The lowest BCUT2D eigenvalue weighted by Gasteiger charge is -2.01. The Bertz CT molecular complexity index is 345. The molecule has 0 saturated heterocycles. The molecule has 76 valence electrons. The van der Waals surface area contributed by atoms with Gasteiger partial charge in [0.05, 0.1) is 11.4 Å². The van der Waals surface area contributed by atoms with Crippen molar-refractivity contribution in [2.24, 2.45) is 4.99 Å². The molecular weight excluding hydrogens is 196 g/mol. The maximum absolute atomic E-state index is 5.76. The van der Waals surface area contributed by atoms with Gasteiger partial charge in [-0.2, -0.15) is 0 Å². The summed E-state index contributed by atoms with van der Waals surface area (Å²) in [6.45, 7) is 6.10. The van der Waals surface area contributed by atoms with Gasteiger partial charge in [0.2, 0.25) is 0 Å². The van der Waals surface area contributed by atoms with Crippen LogP contribution >= 0.6 is 11.6 Å². The van der Waals surface area contributed by atoms with Crippen molar-refractivity contribution in [3.8, 4) is 0 Å². The van der Waals surface area contributed by atoms with Crippen molar-refractivity contribution in [2.75, 3.05) is 0 Å². The first kappa shape index (κ1) is 11.2. The van der Waals surface area contributed by atoms with Gasteiger partial charge in [-0.3, -0.25) is 4.99 Å². The standard InChI is InChI=1S/C11H15ClN2/c1-4-5-8(2)13-10-6-7-11(12)14-9(10)3/h6-7H,4-5H2,1-3H3. The van der Waals surface area contributed by atoms with Crippen LogP contribution < -0.4 is 0 Å². The summed E-state index contributed by atoms with van der Waals surface area (Å²) in [5.41, 5.74) is 2.94. The fraction of sp³-hybridized carbons (Fsp3) is 0.455. The molecular formula is C11H15ClN2. The number of pyridine rings is 1. The van der Waals surface area contributed by atoms with E-state index in [1.807, 2.05) is 19.9 Å². The highest BCUT2D eigenvalue weighted by Gasteiger charge is 1.99. The Hall–Kier alpha value is -0.890. The van der Waals surface area contributed by atoms with E-state index < -0.39 is 0 Å². The molecule has 0 aliphatic rings. The van der Waals surface area contributed by atoms with Crippen molar-refractivity contribution in [3.05, 3.63) is 23.0 Å². The van der Waals surface area contributed by atoms with Gasteiger partial charge in [-0.25, -0.2) is 4.98 Å². The predicted molar refractivity (Wildman–Crippen MR) is 61.7 cm³/mol. The van der Waals surface area contributed by atoms with Gasteiger partial charge < -0.3 is 0 Å². The third-order valence-corrected chi connectivity index (χ3v) is 2.16. The zero-order valence-corrected chi connectivity index (χ0v) is 9.60. The Morgan fingerprint density at radius 2 is 2.21 bits per heavy atom. The lowest BCUT2D eigenvalue weighted by atomic mass is 10.2. The second kappa shape index (κ2) is 5.11. The quantitative estimate of drug-likeness (QED) is 0.548. The number of aliphatic imine (C=N–C) groups is 1. The molecule has 3 heteroatoms. The Morgan fingerprint density at radius 1 is 1.50 bits per heavy atom. The predicted octanol–water partition coefficient (Wildman–Crippen LogP) is 3.94. The van der Waals surface area contributed by atoms with E-state index in [4.69, 9.17) is 11.6 Å². The monoisotopic (exact) mass is 210 g/mol. The van der Waals surface area contributed by atoms with Crippen molar-refractivity contribution >= 4 is 23.0 Å². The lowest BCUT2D eigenvalue weighted by molar-refractivity contribution is 0.987. The van der Waals surface area contributed by atoms with E-state index in [1.54, 1.807) is 6.07 Å². The lowest BCUT2D eigenvalue weighted by Crippen LogP contribution is -1.90. The summed E-state index contributed by atoms with van der Waals surface area (Å²) in [4.78, 5) is 8.63. The van der Waals surface area contributed by atoms with E-state index >= 15 is 0 Å². The molecule has 1 aromatic heterocycles. The third kappa shape index (κ3) is 3.11. The number of aromatic nitrogens is 1. The first-order valence-electron chi connectivity index (χ1n) is 4.80. The molecule has 14 heavy (non-hydrogen) atoms. The second-order valence-electron chi connectivity index (χ2n) is 3.34. The van der Waals surface area contributed by atoms with Crippen molar-refractivity contribution in [1.82, 2.24) is 4.98 Å². The van der Waals surface area contributed by atoms with Crippen LogP contribution in [0.4, 0.5) is 5.69 Å². The van der Waals surface area contributed by atoms with Gasteiger partial charge in [-0.15, -0.1) is 0 Å². The van der Waals surface area contributed by atoms with Gasteiger partial charge in [-0.05, 0) is 32.4 Å². The fourth-order valence-electron chi connectivity index (χ4n) is 1.26. The minimum Gasteiger partial charge on any atom is -0.256 e. The van der Waals surface area contributed by atoms with Crippen LogP contribution in [-0.4, -0.2) is 10.7 Å². The Morgan fingerprint density at radius 3 is 2.79 bits per heavy atom. The van der Waals surface area contributed by atoms with Gasteiger partial charge in [0.25, 0.3) is 0 Å². The van der Waals surface area contributed by atoms with E-state index in [0.29, 0.717) is 5.15 Å². The van der Waals surface area contributed by atoms with E-state index in [2.05, 4.69) is 16.9 Å². The van der Waals surface area contributed by atoms with Gasteiger partial charge in [0, 0.05) is 5.71 Å². The molecule has 1 aromatic rings. The fourth-order valence-corrected chi connectivity index (χ4v) is 1.45. The normalized spacial score (nSPS) is 11.9. The number of aryl methyl sites for hydroxylation is 1. The number of rotatable bonds is 3. The summed E-state index contributed by atoms with van der Waals surface area (Å²) < 4.78 is 0. The molecule has 2 nitrogen and oxygen atoms in total. The highest BCUT2D eigenvalue weighted by atomic mass is 35.5. The molecule has 0 radical (unpaired) electrons. The molecule has 0 aromatic carbocycles. The minimum atomic E-state index is 0.523. The number of hydrogen-bond donors (Lipinski definition) is 0. The molecule has 0 saturated carbocycles. The third-order valence-electron chi connectivity index (χ3n) is 1.95. The molecule has 0 bridgehead atoms. The molecule has 0 spiro atoms. The van der Waals surface area contributed by atoms with E-state index in [-0.39, 0.29) is 0 Å². The van der Waals surface area contributed by atoms with E-state index in [0.717, 1.165) is 29.9 Å². The van der Waals surface area contributed by atoms with E-state index in [9.17, 15) is 0 Å². The molecule has 0 fully saturated rings. The summed E-state index contributed by atoms with van der Waals surface area (Å²) >= 11 is 5.76. The molecule has 0 unspecified atom stereocenters. The van der Waals surface area contributed by atoms with Gasteiger partial charge in [0.15, 0.2) is 0 Å². The van der Waals surface area contributed by atoms with Crippen LogP contribution in [0, 0.1) is 6.92 Å². The molecule has 1 rings (SSSR count). The maximum atomic E-state index is 5.76. The maximum Gasteiger partial charge on any atom is 0.129 e. The average molecular weight is 211 g/mol. The zero-order valence-electron chi connectivity index (χ0n) is 8.84. The largest absolute Gasteiger partial charge is 0.256 e. The summed E-state index contributed by atoms with van der Waals surface area (Å²) in [6.07, 6.45) is 2.15. The summed E-state index contributed by atoms with van der Waals surface area (Å²) in [6, 6.07) is 3.68. The molecule has 0 amide bonds. The Labute approximate surface area is 90.0 Å². The number of hydrogen-bond acceptors (Lipinski definition) is 2. The van der Waals surface area contributed by atoms with Crippen LogP contribution in [-0.2, 0) is 0 Å². The van der Waals surface area contributed by atoms with Crippen molar-refractivity contribution in [3.63, 3.8) is 0 Å². The van der Waals surface area contributed by atoms with Crippen LogP contribution in [0.3, 0.4) is 0 Å². The zero-order chi connectivity index (χ0) is 10.6. The van der Waals surface area contributed by atoms with Crippen LogP contribution in [0.2, 0.25) is 5.15 Å². The van der Waals surface area contributed by atoms with Gasteiger partial charge in [0.1, 0.15) is 5.15 Å². The van der Waals surface area contributed by atoms with Crippen molar-refractivity contribution < 1.29 is 0 Å². The first-order valence-corrected chi connectivity index (χ1v) is 5.18. The molecule has 0 atom stereocenters. The SMILES string of the molecule is CCCC(C)=Nc1ccc(Cl)nc1C. The van der Waals surface area contributed by atoms with Crippen LogP contribution in [0.1, 0.15) is 32.4 Å². The second-order valence-corrected chi connectivity index (χ2v) is 3.72. The van der Waals surface area contributed by atoms with Crippen LogP contribution in [0.25, 0.3) is 0 Å². The van der Waals surface area contributed by atoms with Crippen LogP contribution in [0.15, 0.2) is 17.1 Å². The summed E-state index contributed by atoms with van der Waals surface area (Å²) in [5, 5.41) is 0.523. The topological polar surface area (TPSA) is 25.2 Å². The highest BCUT2D eigenvalue weighted by Crippen LogP contribution is 2.19. The van der Waals surface area contributed by atoms with E-state index in [1.165, 1.54) is 0 Å². The van der Waals surface area contributed by atoms with Gasteiger partial charge >= 0.3 is 0 Å². The summed E-state index contributed by atoms with van der Waals surface area (Å²) in [5.74, 6) is 0. The number of nitrogens with zero attached hydrogens (tertiary/aromatic N) is 2. The molecule has 0 aliphatic heterocycles. The van der Waals surface area contributed by atoms with Gasteiger partial charge in [-0.1, -0.05) is 24.9 Å². The van der Waals surface area contributed by atoms with Crippen molar-refractivity contribution in [1.29, 1.82) is 0 Å². The minimum absolute atomic E-state index is 0.523. The highest BCUT2D eigenvalue weighted by molar-refractivity contribution is 6.29. The number of halogens is 1.